The highest BCUT2D eigenvalue weighted by Gasteiger charge is 2.55. The van der Waals surface area contributed by atoms with Crippen LogP contribution in [0.15, 0.2) is 54.9 Å². The van der Waals surface area contributed by atoms with Crippen molar-refractivity contribution in [3.63, 3.8) is 0 Å². The Hall–Kier alpha value is -6.36. The molecule has 2 aromatic heterocycles. The smallest absolute Gasteiger partial charge is 0.440 e. The average Bonchev–Trinajstić information content (AvgIpc) is 3.79. The van der Waals surface area contributed by atoms with E-state index in [0.717, 1.165) is 40.2 Å². The number of carbonyl (C=O) groups is 5. The van der Waals surface area contributed by atoms with Gasteiger partial charge in [-0.05, 0) is 96.8 Å². The summed E-state index contributed by atoms with van der Waals surface area (Å²) < 4.78 is 57.2. The number of nitro groups is 1. The summed E-state index contributed by atoms with van der Waals surface area (Å²) in [6, 6.07) is 9.98. The number of hydrogen-bond acceptors (Lipinski definition) is 18. The zero-order chi connectivity index (χ0) is 48.0. The maximum absolute atomic E-state index is 17.2. The number of nitro benzene ring substituents is 1. The molecule has 1 aliphatic rings. The third kappa shape index (κ3) is 11.7. The number of ether oxygens (including phenoxy) is 7. The summed E-state index contributed by atoms with van der Waals surface area (Å²) in [4.78, 5) is 96.3. The molecule has 5 rings (SSSR count). The van der Waals surface area contributed by atoms with Crippen molar-refractivity contribution in [3.05, 3.63) is 86.9 Å². The highest BCUT2D eigenvalue weighted by molar-refractivity contribution is 6.28. The summed E-state index contributed by atoms with van der Waals surface area (Å²) in [5, 5.41) is 11.6. The standard InChI is InChI=1S/C42H48ClFN6O15/c1-10-59-36(53)42(37(54)60-11-2,20-23-12-14-24(15-13-23)34(51)58-9)61-21-27-30(63-35(52)25-16-18-26(19-17-25)50(56)57)28(44)33(62-27)48-22-45-29-31(48)46-38(43)47-32(29)49(65-41(6,7)8)39(55)64-40(3,4)5/h12-19,22,27-28,30,33H,10-11,20-21H2,1-9H3/t27-,28+,30+,33-/m1/s1. The number of hydroxylamine groups is 1. The Bertz CT molecular complexity index is 2380. The van der Waals surface area contributed by atoms with Crippen molar-refractivity contribution in [3.8, 4) is 0 Å². The Balaban J connectivity index is 1.59. The molecule has 1 fully saturated rings. The fourth-order valence-corrected chi connectivity index (χ4v) is 6.49. The third-order valence-corrected chi connectivity index (χ3v) is 9.29. The molecular formula is C42H48ClFN6O15. The summed E-state index contributed by atoms with van der Waals surface area (Å²) in [7, 11) is 1.20. The number of alkyl halides is 1. The number of anilines is 1. The van der Waals surface area contributed by atoms with Crippen molar-refractivity contribution in [1.29, 1.82) is 0 Å². The van der Waals surface area contributed by atoms with E-state index in [2.05, 4.69) is 15.0 Å². The van der Waals surface area contributed by atoms with E-state index in [9.17, 15) is 34.1 Å². The minimum absolute atomic E-state index is 0.138. The maximum Gasteiger partial charge on any atom is 0.440 e. The first kappa shape index (κ1) is 49.7. The molecule has 0 unspecified atom stereocenters. The van der Waals surface area contributed by atoms with Gasteiger partial charge in [0.15, 0.2) is 35.5 Å². The summed E-state index contributed by atoms with van der Waals surface area (Å²) >= 11 is 6.41. The van der Waals surface area contributed by atoms with Gasteiger partial charge in [0.25, 0.3) is 11.3 Å². The number of rotatable bonds is 16. The van der Waals surface area contributed by atoms with E-state index in [1.807, 2.05) is 0 Å². The van der Waals surface area contributed by atoms with Gasteiger partial charge in [-0.3, -0.25) is 19.5 Å². The van der Waals surface area contributed by atoms with Crippen LogP contribution in [-0.4, -0.2) is 117 Å². The van der Waals surface area contributed by atoms with E-state index < -0.39 is 94.6 Å². The molecule has 2 aromatic carbocycles. The second-order valence-corrected chi connectivity index (χ2v) is 16.6. The predicted octanol–water partition coefficient (Wildman–Crippen LogP) is 6.23. The Kier molecular flexibility index (Phi) is 15.4. The van der Waals surface area contributed by atoms with E-state index in [4.69, 9.17) is 49.6 Å². The molecule has 0 bridgehead atoms. The Morgan fingerprint density at radius 3 is 2.02 bits per heavy atom. The number of imidazole rings is 1. The Labute approximate surface area is 376 Å². The van der Waals surface area contributed by atoms with Gasteiger partial charge in [-0.1, -0.05) is 12.1 Å². The molecule has 4 aromatic rings. The fraction of sp³-hybridized carbons (Fsp3) is 0.476. The van der Waals surface area contributed by atoms with Crippen LogP contribution in [0.5, 0.6) is 0 Å². The normalized spacial score (nSPS) is 17.6. The van der Waals surface area contributed by atoms with Crippen molar-refractivity contribution in [2.24, 2.45) is 0 Å². The van der Waals surface area contributed by atoms with Crippen molar-refractivity contribution < 1.29 is 71.3 Å². The van der Waals surface area contributed by atoms with Crippen molar-refractivity contribution in [2.45, 2.75) is 103 Å². The van der Waals surface area contributed by atoms with Gasteiger partial charge < -0.3 is 33.2 Å². The van der Waals surface area contributed by atoms with Crippen molar-refractivity contribution in [2.75, 3.05) is 32.0 Å². The highest BCUT2D eigenvalue weighted by Crippen LogP contribution is 2.39. The number of esters is 4. The SMILES string of the molecule is CCOC(=O)C(Cc1ccc(C(=O)OC)cc1)(OC[C@H]1O[C@@H](n2cnc3c(N(OC(C)(C)C)C(=O)OC(C)(C)C)nc(Cl)nc32)[C@@H](F)[C@H]1OC(=O)c1ccc([N+](=O)[O-])cc1)C(=O)OCC. The highest BCUT2D eigenvalue weighted by atomic mass is 35.5. The topological polar surface area (TPSA) is 249 Å². The molecule has 0 saturated carbocycles. The number of hydrogen-bond donors (Lipinski definition) is 0. The summed E-state index contributed by atoms with van der Waals surface area (Å²) in [5.74, 6) is -4.44. The average molecular weight is 931 g/mol. The monoisotopic (exact) mass is 930 g/mol. The predicted molar refractivity (Wildman–Crippen MR) is 224 cm³/mol. The molecule has 1 amide bonds. The van der Waals surface area contributed by atoms with E-state index in [-0.39, 0.29) is 47.0 Å². The number of amides is 1. The summed E-state index contributed by atoms with van der Waals surface area (Å²) in [6.07, 6.45) is -8.04. The molecule has 23 heteroatoms. The first-order valence-electron chi connectivity index (χ1n) is 20.0. The van der Waals surface area contributed by atoms with Crippen LogP contribution < -0.4 is 5.06 Å². The van der Waals surface area contributed by atoms with E-state index in [1.165, 1.54) is 45.2 Å². The molecule has 21 nitrogen and oxygen atoms in total. The van der Waals surface area contributed by atoms with Gasteiger partial charge in [-0.15, -0.1) is 5.06 Å². The van der Waals surface area contributed by atoms with Gasteiger partial charge in [0.05, 0.1) is 54.9 Å². The molecule has 0 radical (unpaired) electrons. The number of fused-ring (bicyclic) bond motifs is 1. The molecule has 0 aliphatic carbocycles. The lowest BCUT2D eigenvalue weighted by atomic mass is 9.93. The van der Waals surface area contributed by atoms with Crippen LogP contribution in [-0.2, 0) is 54.0 Å². The molecule has 350 valence electrons. The van der Waals surface area contributed by atoms with E-state index >= 15 is 4.39 Å². The minimum atomic E-state index is -2.57. The zero-order valence-electron chi connectivity index (χ0n) is 36.9. The molecule has 1 aliphatic heterocycles. The van der Waals surface area contributed by atoms with Crippen molar-refractivity contribution >= 4 is 64.2 Å². The van der Waals surface area contributed by atoms with Crippen LogP contribution in [0.3, 0.4) is 0 Å². The van der Waals surface area contributed by atoms with Gasteiger partial charge in [0.2, 0.25) is 5.28 Å². The van der Waals surface area contributed by atoms with Gasteiger partial charge in [-0.25, -0.2) is 33.3 Å². The molecule has 0 N–H and O–H groups in total. The van der Waals surface area contributed by atoms with Gasteiger partial charge in [-0.2, -0.15) is 9.97 Å². The molecule has 3 heterocycles. The van der Waals surface area contributed by atoms with Crippen LogP contribution in [0.1, 0.15) is 87.9 Å². The summed E-state index contributed by atoms with van der Waals surface area (Å²) in [6.45, 7) is 11.6. The van der Waals surface area contributed by atoms with E-state index in [1.54, 1.807) is 41.5 Å². The number of aromatic nitrogens is 4. The van der Waals surface area contributed by atoms with Crippen LogP contribution in [0.25, 0.3) is 11.2 Å². The lowest BCUT2D eigenvalue weighted by Crippen LogP contribution is -2.54. The minimum Gasteiger partial charge on any atom is -0.465 e. The maximum atomic E-state index is 17.2. The lowest BCUT2D eigenvalue weighted by molar-refractivity contribution is -0.384. The molecule has 1 saturated heterocycles. The lowest BCUT2D eigenvalue weighted by Gasteiger charge is -2.31. The number of benzene rings is 2. The van der Waals surface area contributed by atoms with Crippen LogP contribution in [0.2, 0.25) is 5.28 Å². The number of methoxy groups -OCH3 is 1. The number of carbonyl (C=O) groups excluding carboxylic acids is 5. The van der Waals surface area contributed by atoms with Crippen LogP contribution in [0, 0.1) is 10.1 Å². The van der Waals surface area contributed by atoms with Crippen LogP contribution in [0.4, 0.5) is 20.7 Å². The Morgan fingerprint density at radius 2 is 1.48 bits per heavy atom. The number of halogens is 2. The quantitative estimate of drug-likeness (QED) is 0.0301. The van der Waals surface area contributed by atoms with Gasteiger partial charge in [0, 0.05) is 18.6 Å². The largest absolute Gasteiger partial charge is 0.465 e. The second-order valence-electron chi connectivity index (χ2n) is 16.2. The first-order chi connectivity index (χ1) is 30.5. The van der Waals surface area contributed by atoms with Gasteiger partial charge >= 0.3 is 30.0 Å². The number of non-ortho nitro benzene ring substituents is 1. The van der Waals surface area contributed by atoms with Crippen molar-refractivity contribution in [1.82, 2.24) is 19.5 Å². The third-order valence-electron chi connectivity index (χ3n) is 9.12. The molecule has 65 heavy (non-hydrogen) atoms. The second kappa shape index (κ2) is 20.2. The van der Waals surface area contributed by atoms with E-state index in [0.29, 0.717) is 5.56 Å². The molecule has 4 atom stereocenters. The Morgan fingerprint density at radius 1 is 0.892 bits per heavy atom. The molecular weight excluding hydrogens is 883 g/mol. The number of nitrogens with zero attached hydrogens (tertiary/aromatic N) is 6. The summed E-state index contributed by atoms with van der Waals surface area (Å²) in [5.41, 5.74) is -4.98. The van der Waals surface area contributed by atoms with Crippen LogP contribution >= 0.6 is 11.6 Å². The zero-order valence-corrected chi connectivity index (χ0v) is 37.7. The molecule has 0 spiro atoms. The first-order valence-corrected chi connectivity index (χ1v) is 20.4. The van der Waals surface area contributed by atoms with Gasteiger partial charge in [0.1, 0.15) is 11.7 Å². The fourth-order valence-electron chi connectivity index (χ4n) is 6.33.